The first-order valence-corrected chi connectivity index (χ1v) is 6.26. The highest BCUT2D eigenvalue weighted by molar-refractivity contribution is 5.77. The van der Waals surface area contributed by atoms with Crippen molar-refractivity contribution < 1.29 is 9.53 Å². The van der Waals surface area contributed by atoms with E-state index in [1.54, 1.807) is 0 Å². The van der Waals surface area contributed by atoms with E-state index in [9.17, 15) is 4.79 Å². The molecule has 1 aliphatic heterocycles. The van der Waals surface area contributed by atoms with Crippen molar-refractivity contribution in [2.45, 2.75) is 45.3 Å². The van der Waals surface area contributed by atoms with Crippen LogP contribution in [0, 0.1) is 29.1 Å². The molecule has 4 atom stereocenters. The minimum absolute atomic E-state index is 0.122. The van der Waals surface area contributed by atoms with Crippen LogP contribution in [-0.2, 0) is 9.53 Å². The predicted molar refractivity (Wildman–Crippen MR) is 63.0 cm³/mol. The molecule has 1 heterocycles. The summed E-state index contributed by atoms with van der Waals surface area (Å²) in [4.78, 5) is 12.0. The van der Waals surface area contributed by atoms with Crippen LogP contribution in [0.4, 0.5) is 0 Å². The topological polar surface area (TPSA) is 62.1 Å². The van der Waals surface area contributed by atoms with E-state index in [-0.39, 0.29) is 23.8 Å². The van der Waals surface area contributed by atoms with Crippen LogP contribution in [-0.4, -0.2) is 24.2 Å². The number of nitrogens with zero attached hydrogens (tertiary/aromatic N) is 1. The maximum Gasteiger partial charge on any atom is 0.323 e. The molecule has 1 saturated heterocycles. The summed E-state index contributed by atoms with van der Waals surface area (Å²) in [5.74, 6) is 0.715. The second kappa shape index (κ2) is 4.30. The molecular weight excluding hydrogens is 216 g/mol. The third-order valence-electron chi connectivity index (χ3n) is 3.62. The average molecular weight is 236 g/mol. The Morgan fingerprint density at radius 1 is 1.41 bits per heavy atom. The fourth-order valence-corrected chi connectivity index (χ4v) is 2.96. The van der Waals surface area contributed by atoms with E-state index in [1.807, 2.05) is 20.8 Å². The van der Waals surface area contributed by atoms with Crippen molar-refractivity contribution in [3.8, 4) is 6.07 Å². The Labute approximate surface area is 102 Å². The Bertz CT molecular complexity index is 353. The maximum atomic E-state index is 12.0. The smallest absolute Gasteiger partial charge is 0.323 e. The van der Waals surface area contributed by atoms with Crippen molar-refractivity contribution in [1.82, 2.24) is 5.32 Å². The molecule has 1 saturated carbocycles. The molecule has 0 bridgehead atoms. The van der Waals surface area contributed by atoms with Crippen LogP contribution >= 0.6 is 0 Å². The molecule has 1 unspecified atom stereocenters. The van der Waals surface area contributed by atoms with E-state index < -0.39 is 5.60 Å². The number of hydrogen-bond donors (Lipinski definition) is 1. The summed E-state index contributed by atoms with van der Waals surface area (Å²) in [6.07, 6.45) is 1.76. The zero-order valence-corrected chi connectivity index (χ0v) is 10.7. The molecule has 2 aliphatic rings. The van der Waals surface area contributed by atoms with Crippen LogP contribution in [0.2, 0.25) is 0 Å². The van der Waals surface area contributed by atoms with Crippen LogP contribution < -0.4 is 5.32 Å². The van der Waals surface area contributed by atoms with Gasteiger partial charge in [0, 0.05) is 5.92 Å². The lowest BCUT2D eigenvalue weighted by atomic mass is 9.94. The molecule has 0 aromatic heterocycles. The fourth-order valence-electron chi connectivity index (χ4n) is 2.96. The van der Waals surface area contributed by atoms with Crippen molar-refractivity contribution in [2.24, 2.45) is 17.8 Å². The van der Waals surface area contributed by atoms with E-state index in [0.717, 1.165) is 19.4 Å². The number of nitriles is 1. The van der Waals surface area contributed by atoms with Gasteiger partial charge in [0.05, 0.1) is 6.07 Å². The number of ether oxygens (including phenoxy) is 1. The molecule has 0 aromatic carbocycles. The summed E-state index contributed by atoms with van der Waals surface area (Å²) in [7, 11) is 0. The Morgan fingerprint density at radius 3 is 2.71 bits per heavy atom. The van der Waals surface area contributed by atoms with Crippen LogP contribution in [0.25, 0.3) is 0 Å². The number of carbonyl (C=O) groups is 1. The molecule has 0 spiro atoms. The predicted octanol–water partition coefficient (Wildman–Crippen LogP) is 1.47. The van der Waals surface area contributed by atoms with Gasteiger partial charge in [0.25, 0.3) is 0 Å². The SMILES string of the molecule is CC(C)(C)OC(=O)C1NC[C@H]2C[C@@H](C#N)C[C@@H]12. The number of rotatable bonds is 1. The van der Waals surface area contributed by atoms with Gasteiger partial charge in [-0.05, 0) is 52.0 Å². The van der Waals surface area contributed by atoms with Gasteiger partial charge in [0.2, 0.25) is 0 Å². The van der Waals surface area contributed by atoms with Gasteiger partial charge in [0.15, 0.2) is 0 Å². The molecule has 1 aliphatic carbocycles. The number of nitrogens with one attached hydrogen (secondary N) is 1. The van der Waals surface area contributed by atoms with Gasteiger partial charge >= 0.3 is 5.97 Å². The van der Waals surface area contributed by atoms with Gasteiger partial charge in [-0.3, -0.25) is 4.79 Å². The number of esters is 1. The Morgan fingerprint density at radius 2 is 2.12 bits per heavy atom. The lowest BCUT2D eigenvalue weighted by molar-refractivity contribution is -0.158. The summed E-state index contributed by atoms with van der Waals surface area (Å²) in [6, 6.07) is 2.11. The lowest BCUT2D eigenvalue weighted by Crippen LogP contribution is -2.40. The summed E-state index contributed by atoms with van der Waals surface area (Å²) in [6.45, 7) is 6.48. The summed E-state index contributed by atoms with van der Waals surface area (Å²) < 4.78 is 5.41. The fraction of sp³-hybridized carbons (Fsp3) is 0.846. The third kappa shape index (κ3) is 2.61. The first kappa shape index (κ1) is 12.4. The summed E-state index contributed by atoms with van der Waals surface area (Å²) in [5.41, 5.74) is -0.440. The van der Waals surface area contributed by atoms with Crippen LogP contribution in [0.1, 0.15) is 33.6 Å². The van der Waals surface area contributed by atoms with Crippen molar-refractivity contribution >= 4 is 5.97 Å². The van der Waals surface area contributed by atoms with Crippen LogP contribution in [0.5, 0.6) is 0 Å². The van der Waals surface area contributed by atoms with Gasteiger partial charge in [-0.25, -0.2) is 0 Å². The van der Waals surface area contributed by atoms with Gasteiger partial charge < -0.3 is 10.1 Å². The number of fused-ring (bicyclic) bond motifs is 1. The molecule has 1 N–H and O–H groups in total. The molecule has 0 amide bonds. The Hall–Kier alpha value is -1.08. The average Bonchev–Trinajstić information content (AvgIpc) is 2.71. The van der Waals surface area contributed by atoms with E-state index in [0.29, 0.717) is 5.92 Å². The largest absolute Gasteiger partial charge is 0.459 e. The molecule has 0 radical (unpaired) electrons. The number of carbonyl (C=O) groups excluding carboxylic acids is 1. The minimum Gasteiger partial charge on any atom is -0.459 e. The molecule has 4 nitrogen and oxygen atoms in total. The van der Waals surface area contributed by atoms with Gasteiger partial charge in [-0.1, -0.05) is 0 Å². The highest BCUT2D eigenvalue weighted by atomic mass is 16.6. The van der Waals surface area contributed by atoms with Crippen molar-refractivity contribution in [3.05, 3.63) is 0 Å². The lowest BCUT2D eigenvalue weighted by Gasteiger charge is -2.24. The first-order chi connectivity index (χ1) is 7.90. The molecule has 0 aromatic rings. The quantitative estimate of drug-likeness (QED) is 0.700. The molecule has 94 valence electrons. The maximum absolute atomic E-state index is 12.0. The molecule has 2 rings (SSSR count). The molecule has 17 heavy (non-hydrogen) atoms. The zero-order valence-electron chi connectivity index (χ0n) is 10.7. The van der Waals surface area contributed by atoms with Gasteiger partial charge in [-0.2, -0.15) is 5.26 Å². The summed E-state index contributed by atoms with van der Waals surface area (Å²) in [5, 5.41) is 12.2. The zero-order chi connectivity index (χ0) is 12.6. The van der Waals surface area contributed by atoms with E-state index in [2.05, 4.69) is 11.4 Å². The highest BCUT2D eigenvalue weighted by Gasteiger charge is 2.47. The van der Waals surface area contributed by atoms with Crippen molar-refractivity contribution in [3.63, 3.8) is 0 Å². The highest BCUT2D eigenvalue weighted by Crippen LogP contribution is 2.41. The van der Waals surface area contributed by atoms with E-state index in [4.69, 9.17) is 10.00 Å². The minimum atomic E-state index is -0.440. The van der Waals surface area contributed by atoms with Crippen molar-refractivity contribution in [1.29, 1.82) is 5.26 Å². The second-order valence-corrected chi connectivity index (χ2v) is 6.14. The summed E-state index contributed by atoms with van der Waals surface area (Å²) >= 11 is 0. The van der Waals surface area contributed by atoms with Gasteiger partial charge in [-0.15, -0.1) is 0 Å². The Kier molecular flexibility index (Phi) is 3.13. The molecule has 2 fully saturated rings. The number of hydrogen-bond acceptors (Lipinski definition) is 4. The van der Waals surface area contributed by atoms with E-state index >= 15 is 0 Å². The van der Waals surface area contributed by atoms with Crippen LogP contribution in [0.15, 0.2) is 0 Å². The van der Waals surface area contributed by atoms with E-state index in [1.165, 1.54) is 0 Å². The molecule has 4 heteroatoms. The molecular formula is C13H20N2O2. The van der Waals surface area contributed by atoms with Crippen molar-refractivity contribution in [2.75, 3.05) is 6.54 Å². The monoisotopic (exact) mass is 236 g/mol. The van der Waals surface area contributed by atoms with Crippen LogP contribution in [0.3, 0.4) is 0 Å². The van der Waals surface area contributed by atoms with Gasteiger partial charge in [0.1, 0.15) is 11.6 Å². The standard InChI is InChI=1S/C13H20N2O2/c1-13(2,3)17-12(16)11-10-5-8(6-14)4-9(10)7-15-11/h8-11,15H,4-5,7H2,1-3H3/t8-,9-,10-,11?/m1/s1. The first-order valence-electron chi connectivity index (χ1n) is 6.26. The normalized spacial score (nSPS) is 36.4. The third-order valence-corrected chi connectivity index (χ3v) is 3.62. The second-order valence-electron chi connectivity index (χ2n) is 6.14. The Balaban J connectivity index is 2.00.